The summed E-state index contributed by atoms with van der Waals surface area (Å²) in [5.41, 5.74) is 4.90. The van der Waals surface area contributed by atoms with Crippen molar-refractivity contribution in [3.63, 3.8) is 0 Å². The van der Waals surface area contributed by atoms with Gasteiger partial charge in [0.05, 0.1) is 23.9 Å². The Kier molecular flexibility index (Phi) is 9.38. The van der Waals surface area contributed by atoms with Crippen LogP contribution >= 0.6 is 23.1 Å². The fraction of sp³-hybridized carbons (Fsp3) is 0.184. The Bertz CT molecular complexity index is 2230. The number of anilines is 1. The molecule has 50 heavy (non-hydrogen) atoms. The number of amides is 1. The Balaban J connectivity index is 1.32. The highest BCUT2D eigenvalue weighted by molar-refractivity contribution is 8.00. The summed E-state index contributed by atoms with van der Waals surface area (Å²) in [5.74, 6) is -0.459. The van der Waals surface area contributed by atoms with Crippen molar-refractivity contribution in [1.29, 1.82) is 0 Å². The number of thioether (sulfide) groups is 1. The first-order valence-corrected chi connectivity index (χ1v) is 17.8. The molecule has 1 atom stereocenters. The third-order valence-corrected chi connectivity index (χ3v) is 10.5. The molecule has 0 aliphatic carbocycles. The first kappa shape index (κ1) is 33.1. The van der Waals surface area contributed by atoms with E-state index >= 15 is 0 Å². The van der Waals surface area contributed by atoms with E-state index in [4.69, 9.17) is 14.5 Å². The first-order valence-electron chi connectivity index (χ1n) is 16.0. The Morgan fingerprint density at radius 3 is 2.36 bits per heavy atom. The zero-order chi connectivity index (χ0) is 34.8. The van der Waals surface area contributed by atoms with Crippen LogP contribution in [0.4, 0.5) is 5.13 Å². The minimum Gasteiger partial charge on any atom is -0.505 e. The molecule has 7 rings (SSSR count). The number of imidazole rings is 1. The van der Waals surface area contributed by atoms with Gasteiger partial charge in [-0.15, -0.1) is 10.2 Å². The summed E-state index contributed by atoms with van der Waals surface area (Å²) in [6.45, 7) is 6.27. The molecule has 1 unspecified atom stereocenters. The van der Waals surface area contributed by atoms with Crippen LogP contribution in [-0.4, -0.2) is 43.0 Å². The summed E-state index contributed by atoms with van der Waals surface area (Å²) in [4.78, 5) is 34.0. The predicted octanol–water partition coefficient (Wildman–Crippen LogP) is 7.70. The maximum Gasteiger partial charge on any atom is 0.301 e. The Morgan fingerprint density at radius 1 is 0.900 bits per heavy atom. The molecule has 1 saturated heterocycles. The SMILES string of the molecule is CCOc1cc(C2/C(=C(\O)c3nc4c(C)cccn4c3C)C(=O)C(=O)N2c2nnc(SCc3ccccc3)s2)ccc1OCc1ccccc1. The molecule has 10 nitrogen and oxygen atoms in total. The highest BCUT2D eigenvalue weighted by atomic mass is 32.2. The number of aliphatic hydroxyl groups excluding tert-OH is 1. The number of aryl methyl sites for hydroxylation is 2. The number of ether oxygens (including phenoxy) is 2. The lowest BCUT2D eigenvalue weighted by atomic mass is 9.96. The predicted molar refractivity (Wildman–Crippen MR) is 194 cm³/mol. The van der Waals surface area contributed by atoms with Gasteiger partial charge in [-0.2, -0.15) is 0 Å². The fourth-order valence-corrected chi connectivity index (χ4v) is 7.74. The average Bonchev–Trinajstić information content (AvgIpc) is 3.82. The molecule has 0 bridgehead atoms. The van der Waals surface area contributed by atoms with Crippen molar-refractivity contribution in [1.82, 2.24) is 19.6 Å². The maximum absolute atomic E-state index is 14.0. The smallest absolute Gasteiger partial charge is 0.301 e. The number of benzene rings is 3. The molecular formula is C38H33N5O5S2. The maximum atomic E-state index is 14.0. The molecule has 1 amide bonds. The molecule has 1 aliphatic rings. The Labute approximate surface area is 297 Å². The van der Waals surface area contributed by atoms with Crippen LogP contribution in [0.25, 0.3) is 11.4 Å². The van der Waals surface area contributed by atoms with Crippen LogP contribution in [0, 0.1) is 13.8 Å². The number of hydrogen-bond donors (Lipinski definition) is 1. The van der Waals surface area contributed by atoms with E-state index in [-0.39, 0.29) is 22.2 Å². The van der Waals surface area contributed by atoms with Gasteiger partial charge < -0.3 is 19.0 Å². The van der Waals surface area contributed by atoms with Crippen molar-refractivity contribution < 1.29 is 24.2 Å². The number of hydrogen-bond acceptors (Lipinski definition) is 10. The van der Waals surface area contributed by atoms with Gasteiger partial charge in [-0.25, -0.2) is 4.98 Å². The van der Waals surface area contributed by atoms with Crippen molar-refractivity contribution in [2.24, 2.45) is 0 Å². The number of nitrogens with zero attached hydrogens (tertiary/aromatic N) is 5. The summed E-state index contributed by atoms with van der Waals surface area (Å²) in [5, 5.41) is 20.9. The van der Waals surface area contributed by atoms with Crippen LogP contribution < -0.4 is 14.4 Å². The summed E-state index contributed by atoms with van der Waals surface area (Å²) in [7, 11) is 0. The summed E-state index contributed by atoms with van der Waals surface area (Å²) >= 11 is 2.70. The average molecular weight is 704 g/mol. The monoisotopic (exact) mass is 703 g/mol. The molecular weight excluding hydrogens is 671 g/mol. The highest BCUT2D eigenvalue weighted by Crippen LogP contribution is 2.46. The van der Waals surface area contributed by atoms with Crippen molar-refractivity contribution in [2.45, 2.75) is 43.5 Å². The van der Waals surface area contributed by atoms with Gasteiger partial charge in [0.2, 0.25) is 5.13 Å². The van der Waals surface area contributed by atoms with E-state index in [2.05, 4.69) is 10.2 Å². The van der Waals surface area contributed by atoms with Crippen LogP contribution in [0.3, 0.4) is 0 Å². The number of aromatic nitrogens is 4. The van der Waals surface area contributed by atoms with Crippen LogP contribution in [0.2, 0.25) is 0 Å². The summed E-state index contributed by atoms with van der Waals surface area (Å²) < 4.78 is 14.6. The molecule has 252 valence electrons. The molecule has 3 aromatic heterocycles. The second-order valence-corrected chi connectivity index (χ2v) is 13.8. The topological polar surface area (TPSA) is 119 Å². The van der Waals surface area contributed by atoms with Crippen LogP contribution in [-0.2, 0) is 21.9 Å². The van der Waals surface area contributed by atoms with E-state index in [0.717, 1.165) is 16.7 Å². The van der Waals surface area contributed by atoms with Gasteiger partial charge in [0, 0.05) is 11.9 Å². The molecule has 12 heteroatoms. The molecule has 0 radical (unpaired) electrons. The number of carbonyl (C=O) groups is 2. The van der Waals surface area contributed by atoms with Crippen LogP contribution in [0.15, 0.2) is 107 Å². The first-order chi connectivity index (χ1) is 24.3. The van der Waals surface area contributed by atoms with Crippen molar-refractivity contribution in [3.05, 3.63) is 136 Å². The number of rotatable bonds is 11. The number of Topliss-reactive ketones (excluding diaryl/α,β-unsaturated/α-hetero) is 1. The highest BCUT2D eigenvalue weighted by Gasteiger charge is 2.49. The third-order valence-electron chi connectivity index (χ3n) is 8.38. The van der Waals surface area contributed by atoms with E-state index in [1.807, 2.05) is 104 Å². The second kappa shape index (κ2) is 14.2. The molecule has 1 fully saturated rings. The van der Waals surface area contributed by atoms with E-state index in [1.165, 1.54) is 28.0 Å². The minimum atomic E-state index is -1.05. The van der Waals surface area contributed by atoms with Gasteiger partial charge in [-0.3, -0.25) is 14.5 Å². The van der Waals surface area contributed by atoms with Gasteiger partial charge in [-0.05, 0) is 61.2 Å². The van der Waals surface area contributed by atoms with Crippen molar-refractivity contribution >= 4 is 51.3 Å². The lowest BCUT2D eigenvalue weighted by Crippen LogP contribution is -2.29. The van der Waals surface area contributed by atoms with E-state index < -0.39 is 17.7 Å². The van der Waals surface area contributed by atoms with Gasteiger partial charge >= 0.3 is 5.91 Å². The zero-order valence-corrected chi connectivity index (χ0v) is 29.2. The number of fused-ring (bicyclic) bond motifs is 1. The molecule has 6 aromatic rings. The number of carbonyl (C=O) groups excluding carboxylic acids is 2. The third kappa shape index (κ3) is 6.35. The lowest BCUT2D eigenvalue weighted by Gasteiger charge is -2.23. The lowest BCUT2D eigenvalue weighted by molar-refractivity contribution is -0.132. The number of aliphatic hydroxyl groups is 1. The second-order valence-electron chi connectivity index (χ2n) is 11.6. The zero-order valence-electron chi connectivity index (χ0n) is 27.6. The number of ketones is 1. The van der Waals surface area contributed by atoms with Gasteiger partial charge in [0.1, 0.15) is 17.9 Å². The Hall–Kier alpha value is -5.46. The molecule has 1 N–H and O–H groups in total. The normalized spacial score (nSPS) is 15.6. The van der Waals surface area contributed by atoms with Crippen molar-refractivity contribution in [3.8, 4) is 11.5 Å². The van der Waals surface area contributed by atoms with Crippen molar-refractivity contribution in [2.75, 3.05) is 11.5 Å². The summed E-state index contributed by atoms with van der Waals surface area (Å²) in [6, 6.07) is 27.8. The molecule has 3 aromatic carbocycles. The van der Waals surface area contributed by atoms with Gasteiger partial charge in [0.15, 0.2) is 21.6 Å². The van der Waals surface area contributed by atoms with Gasteiger partial charge in [0.25, 0.3) is 5.78 Å². The molecule has 0 saturated carbocycles. The summed E-state index contributed by atoms with van der Waals surface area (Å²) in [6.07, 6.45) is 1.84. The van der Waals surface area contributed by atoms with Gasteiger partial charge in [-0.1, -0.05) is 95.9 Å². The standard InChI is InChI=1S/C38H33N5O5S2/c1-4-47-29-20-27(17-18-28(29)48-21-25-13-7-5-8-14-25)32-30(33(44)31-24(3)42-19-11-12-23(2)35(42)39-31)34(45)36(46)43(32)37-40-41-38(50-37)49-22-26-15-9-6-10-16-26/h5-20,32,44H,4,21-22H2,1-3H3/b33-30+. The van der Waals surface area contributed by atoms with E-state index in [9.17, 15) is 14.7 Å². The molecule has 1 aliphatic heterocycles. The largest absolute Gasteiger partial charge is 0.505 e. The molecule has 0 spiro atoms. The minimum absolute atomic E-state index is 0.103. The fourth-order valence-electron chi connectivity index (χ4n) is 5.91. The Morgan fingerprint density at radius 2 is 1.64 bits per heavy atom. The van der Waals surface area contributed by atoms with E-state index in [1.54, 1.807) is 18.2 Å². The van der Waals surface area contributed by atoms with Crippen LogP contribution in [0.5, 0.6) is 11.5 Å². The van der Waals surface area contributed by atoms with Crippen LogP contribution in [0.1, 0.15) is 46.6 Å². The quantitative estimate of drug-likeness (QED) is 0.0476. The molecule has 4 heterocycles. The number of pyridine rings is 1. The van der Waals surface area contributed by atoms with E-state index in [0.29, 0.717) is 51.7 Å².